The number of benzene rings is 3. The molecule has 3 nitrogen and oxygen atoms in total. The first-order chi connectivity index (χ1) is 12.2. The maximum Gasteiger partial charge on any atom is 0.238 e. The van der Waals surface area contributed by atoms with Gasteiger partial charge in [-0.15, -0.1) is 0 Å². The number of carbonyl (C=O) groups excluding carboxylic acids is 1. The summed E-state index contributed by atoms with van der Waals surface area (Å²) < 4.78 is 0.875. The van der Waals surface area contributed by atoms with Crippen molar-refractivity contribution in [3.63, 3.8) is 0 Å². The second kappa shape index (κ2) is 6.82. The normalized spacial score (nSPS) is 12.5. The van der Waals surface area contributed by atoms with Gasteiger partial charge in [0.15, 0.2) is 0 Å². The smallest absolute Gasteiger partial charge is 0.238 e. The number of hydrogen-bond acceptors (Lipinski definition) is 2. The first-order valence-corrected chi connectivity index (χ1v) is 8.99. The molecule has 3 aromatic rings. The summed E-state index contributed by atoms with van der Waals surface area (Å²) in [6.07, 6.45) is 0. The van der Waals surface area contributed by atoms with Gasteiger partial charge in [0.05, 0.1) is 18.3 Å². The summed E-state index contributed by atoms with van der Waals surface area (Å²) in [5, 5.41) is 6.34. The van der Waals surface area contributed by atoms with E-state index in [1.807, 2.05) is 36.4 Å². The lowest BCUT2D eigenvalue weighted by Crippen LogP contribution is -2.31. The fourth-order valence-electron chi connectivity index (χ4n) is 3.33. The number of anilines is 1. The first kappa shape index (κ1) is 16.1. The maximum absolute atomic E-state index is 12.4. The van der Waals surface area contributed by atoms with E-state index in [-0.39, 0.29) is 18.5 Å². The molecule has 4 heteroatoms. The highest BCUT2D eigenvalue weighted by Gasteiger charge is 2.27. The third kappa shape index (κ3) is 3.11. The van der Waals surface area contributed by atoms with E-state index >= 15 is 0 Å². The summed E-state index contributed by atoms with van der Waals surface area (Å²) in [4.78, 5) is 12.4. The summed E-state index contributed by atoms with van der Waals surface area (Å²) in [7, 11) is 0. The van der Waals surface area contributed by atoms with Gasteiger partial charge in [-0.25, -0.2) is 0 Å². The minimum absolute atomic E-state index is 0.0392. The third-order valence-electron chi connectivity index (χ3n) is 4.45. The Morgan fingerprint density at radius 3 is 2.04 bits per heavy atom. The molecular formula is C21H17BrN2O. The Kier molecular flexibility index (Phi) is 4.38. The zero-order valence-electron chi connectivity index (χ0n) is 13.5. The average molecular weight is 393 g/mol. The van der Waals surface area contributed by atoms with Crippen molar-refractivity contribution in [3.8, 4) is 11.1 Å². The standard InChI is InChI=1S/C21H17BrN2O/c22-18-11-5-6-12-19(18)24-20(25)13-23-21-16-9-3-1-7-14(16)15-8-2-4-10-17(15)21/h1-12,21,23H,13H2,(H,24,25). The molecule has 0 saturated carbocycles. The van der Waals surface area contributed by atoms with Crippen LogP contribution in [-0.2, 0) is 4.79 Å². The fourth-order valence-corrected chi connectivity index (χ4v) is 3.71. The zero-order valence-corrected chi connectivity index (χ0v) is 15.1. The molecule has 0 unspecified atom stereocenters. The summed E-state index contributed by atoms with van der Waals surface area (Å²) in [5.41, 5.74) is 5.69. The van der Waals surface area contributed by atoms with Crippen LogP contribution < -0.4 is 10.6 Å². The molecule has 0 fully saturated rings. The molecule has 0 aromatic heterocycles. The Labute approximate surface area is 155 Å². The summed E-state index contributed by atoms with van der Waals surface area (Å²) in [6, 6.07) is 24.4. The van der Waals surface area contributed by atoms with Crippen molar-refractivity contribution < 1.29 is 4.79 Å². The highest BCUT2D eigenvalue weighted by molar-refractivity contribution is 9.10. The summed E-state index contributed by atoms with van der Waals surface area (Å²) >= 11 is 3.45. The van der Waals surface area contributed by atoms with Crippen LogP contribution in [0.25, 0.3) is 11.1 Å². The second-order valence-corrected chi connectivity index (χ2v) is 6.87. The Morgan fingerprint density at radius 1 is 0.840 bits per heavy atom. The lowest BCUT2D eigenvalue weighted by atomic mass is 10.1. The Bertz CT molecular complexity index is 893. The molecule has 0 spiro atoms. The van der Waals surface area contributed by atoms with Crippen LogP contribution in [0.5, 0.6) is 0 Å². The number of fused-ring (bicyclic) bond motifs is 3. The number of hydrogen-bond donors (Lipinski definition) is 2. The van der Waals surface area contributed by atoms with Crippen LogP contribution in [0.1, 0.15) is 17.2 Å². The van der Waals surface area contributed by atoms with E-state index in [1.54, 1.807) is 0 Å². The largest absolute Gasteiger partial charge is 0.324 e. The van der Waals surface area contributed by atoms with Crippen molar-refractivity contribution in [3.05, 3.63) is 88.4 Å². The second-order valence-electron chi connectivity index (χ2n) is 6.02. The van der Waals surface area contributed by atoms with Crippen LogP contribution in [0.15, 0.2) is 77.3 Å². The van der Waals surface area contributed by atoms with E-state index < -0.39 is 0 Å². The van der Waals surface area contributed by atoms with Gasteiger partial charge in [0.25, 0.3) is 0 Å². The van der Waals surface area contributed by atoms with Crippen molar-refractivity contribution in [2.24, 2.45) is 0 Å². The SMILES string of the molecule is O=C(CNC1c2ccccc2-c2ccccc21)Nc1ccccc1Br. The molecule has 1 aliphatic carbocycles. The van der Waals surface area contributed by atoms with Crippen LogP contribution in [0.4, 0.5) is 5.69 Å². The van der Waals surface area contributed by atoms with E-state index in [4.69, 9.17) is 0 Å². The molecule has 0 atom stereocenters. The Hall–Kier alpha value is -2.43. The van der Waals surface area contributed by atoms with Crippen LogP contribution in [0.3, 0.4) is 0 Å². The topological polar surface area (TPSA) is 41.1 Å². The molecule has 124 valence electrons. The first-order valence-electron chi connectivity index (χ1n) is 8.20. The zero-order chi connectivity index (χ0) is 17.2. The van der Waals surface area contributed by atoms with E-state index in [9.17, 15) is 4.79 Å². The third-order valence-corrected chi connectivity index (χ3v) is 5.14. The number of para-hydroxylation sites is 1. The molecule has 3 aromatic carbocycles. The van der Waals surface area contributed by atoms with Crippen LogP contribution >= 0.6 is 15.9 Å². The lowest BCUT2D eigenvalue weighted by molar-refractivity contribution is -0.115. The monoisotopic (exact) mass is 392 g/mol. The van der Waals surface area contributed by atoms with Crippen molar-refractivity contribution in [2.45, 2.75) is 6.04 Å². The number of nitrogens with one attached hydrogen (secondary N) is 2. The minimum Gasteiger partial charge on any atom is -0.324 e. The fraction of sp³-hybridized carbons (Fsp3) is 0.0952. The number of carbonyl (C=O) groups is 1. The Morgan fingerprint density at radius 2 is 1.40 bits per heavy atom. The molecule has 0 aliphatic heterocycles. The number of amides is 1. The van der Waals surface area contributed by atoms with E-state index in [1.165, 1.54) is 22.3 Å². The molecule has 0 heterocycles. The van der Waals surface area contributed by atoms with E-state index in [0.29, 0.717) is 0 Å². The molecule has 1 aliphatic rings. The maximum atomic E-state index is 12.4. The van der Waals surface area contributed by atoms with Crippen molar-refractivity contribution in [1.82, 2.24) is 5.32 Å². The number of halogens is 1. The number of rotatable bonds is 4. The van der Waals surface area contributed by atoms with Gasteiger partial charge in [0.2, 0.25) is 5.91 Å². The van der Waals surface area contributed by atoms with Gasteiger partial charge in [-0.2, -0.15) is 0 Å². The molecule has 1 amide bonds. The van der Waals surface area contributed by atoms with E-state index in [2.05, 4.69) is 63.0 Å². The molecule has 0 bridgehead atoms. The summed E-state index contributed by atoms with van der Waals surface area (Å²) in [6.45, 7) is 0.245. The summed E-state index contributed by atoms with van der Waals surface area (Å²) in [5.74, 6) is -0.0613. The molecular weight excluding hydrogens is 376 g/mol. The van der Waals surface area contributed by atoms with Gasteiger partial charge >= 0.3 is 0 Å². The Balaban J connectivity index is 1.51. The molecule has 4 rings (SSSR count). The quantitative estimate of drug-likeness (QED) is 0.672. The van der Waals surface area contributed by atoms with Gasteiger partial charge < -0.3 is 5.32 Å². The molecule has 25 heavy (non-hydrogen) atoms. The van der Waals surface area contributed by atoms with Gasteiger partial charge in [-0.1, -0.05) is 60.7 Å². The van der Waals surface area contributed by atoms with E-state index in [0.717, 1.165) is 10.2 Å². The van der Waals surface area contributed by atoms with Crippen molar-refractivity contribution >= 4 is 27.5 Å². The van der Waals surface area contributed by atoms with Crippen LogP contribution in [-0.4, -0.2) is 12.5 Å². The van der Waals surface area contributed by atoms with Gasteiger partial charge in [-0.3, -0.25) is 10.1 Å². The molecule has 0 saturated heterocycles. The van der Waals surface area contributed by atoms with Crippen LogP contribution in [0, 0.1) is 0 Å². The van der Waals surface area contributed by atoms with Gasteiger partial charge in [-0.05, 0) is 50.3 Å². The molecule has 2 N–H and O–H groups in total. The predicted octanol–water partition coefficient (Wildman–Crippen LogP) is 4.75. The lowest BCUT2D eigenvalue weighted by Gasteiger charge is -2.16. The highest BCUT2D eigenvalue weighted by atomic mass is 79.9. The average Bonchev–Trinajstić information content (AvgIpc) is 2.96. The van der Waals surface area contributed by atoms with Crippen molar-refractivity contribution in [1.29, 1.82) is 0 Å². The predicted molar refractivity (Wildman–Crippen MR) is 104 cm³/mol. The van der Waals surface area contributed by atoms with Crippen LogP contribution in [0.2, 0.25) is 0 Å². The van der Waals surface area contributed by atoms with Gasteiger partial charge in [0, 0.05) is 4.47 Å². The minimum atomic E-state index is -0.0613. The highest BCUT2D eigenvalue weighted by Crippen LogP contribution is 2.42. The van der Waals surface area contributed by atoms with Gasteiger partial charge in [0.1, 0.15) is 0 Å². The van der Waals surface area contributed by atoms with Crippen molar-refractivity contribution in [2.75, 3.05) is 11.9 Å². The molecule has 0 radical (unpaired) electrons.